The normalized spacial score (nSPS) is 25.9. The molecule has 1 fully saturated rings. The van der Waals surface area contributed by atoms with Crippen LogP contribution in [0.4, 0.5) is 0 Å². The molecule has 0 bridgehead atoms. The lowest BCUT2D eigenvalue weighted by molar-refractivity contribution is -0.140. The van der Waals surface area contributed by atoms with E-state index in [4.69, 9.17) is 0 Å². The number of hydrogen-bond donors (Lipinski definition) is 2. The lowest BCUT2D eigenvalue weighted by atomic mass is 9.59. The summed E-state index contributed by atoms with van der Waals surface area (Å²) in [5.41, 5.74) is 5.22. The number of benzene rings is 2. The molecule has 40 heavy (non-hydrogen) atoms. The molecule has 6 rings (SSSR count). The van der Waals surface area contributed by atoms with E-state index in [9.17, 15) is 29.4 Å². The number of rotatable bonds is 4. The van der Waals surface area contributed by atoms with Gasteiger partial charge in [-0.3, -0.25) is 24.1 Å². The van der Waals surface area contributed by atoms with Crippen LogP contribution < -0.4 is 0 Å². The Morgan fingerprint density at radius 1 is 0.900 bits per heavy atom. The summed E-state index contributed by atoms with van der Waals surface area (Å²) < 4.78 is 0. The van der Waals surface area contributed by atoms with Crippen LogP contribution in [0.5, 0.6) is 11.5 Å². The maximum absolute atomic E-state index is 13.9. The van der Waals surface area contributed by atoms with Crippen molar-refractivity contribution in [1.29, 1.82) is 0 Å². The molecule has 0 radical (unpaired) electrons. The first-order valence-corrected chi connectivity index (χ1v) is 13.7. The quantitative estimate of drug-likeness (QED) is 0.340. The third-order valence-corrected chi connectivity index (χ3v) is 9.06. The number of carbonyl (C=O) groups is 4. The third-order valence-electron chi connectivity index (χ3n) is 9.06. The molecule has 0 aromatic heterocycles. The zero-order valence-corrected chi connectivity index (χ0v) is 22.7. The zero-order chi connectivity index (χ0) is 28.5. The van der Waals surface area contributed by atoms with Gasteiger partial charge in [-0.2, -0.15) is 0 Å². The number of hydrogen-bond acceptors (Lipinski definition) is 6. The van der Waals surface area contributed by atoms with Crippen LogP contribution in [-0.2, 0) is 25.6 Å². The number of fused-ring (bicyclic) bond motifs is 3. The molecule has 204 valence electrons. The van der Waals surface area contributed by atoms with Gasteiger partial charge in [0.2, 0.25) is 11.8 Å². The van der Waals surface area contributed by atoms with Gasteiger partial charge in [0.15, 0.2) is 11.6 Å². The second kappa shape index (κ2) is 9.44. The highest BCUT2D eigenvalue weighted by Crippen LogP contribution is 2.55. The van der Waals surface area contributed by atoms with Crippen LogP contribution in [0.25, 0.3) is 0 Å². The maximum Gasteiger partial charge on any atom is 0.233 e. The van der Waals surface area contributed by atoms with Gasteiger partial charge in [0, 0.05) is 29.2 Å². The Balaban J connectivity index is 1.40. The Morgan fingerprint density at radius 3 is 2.25 bits per heavy atom. The van der Waals surface area contributed by atoms with Crippen molar-refractivity contribution in [3.05, 3.63) is 93.1 Å². The predicted octanol–water partition coefficient (Wildman–Crippen LogP) is 4.39. The highest BCUT2D eigenvalue weighted by Gasteiger charge is 2.56. The number of aryl methyl sites for hydroxylation is 2. The number of phenols is 2. The van der Waals surface area contributed by atoms with Crippen molar-refractivity contribution in [1.82, 2.24) is 4.90 Å². The van der Waals surface area contributed by atoms with Crippen molar-refractivity contribution in [2.45, 2.75) is 46.0 Å². The van der Waals surface area contributed by atoms with Gasteiger partial charge in [0.05, 0.1) is 11.8 Å². The molecule has 1 aliphatic heterocycles. The van der Waals surface area contributed by atoms with Crippen LogP contribution in [0, 0.1) is 31.6 Å². The molecule has 7 nitrogen and oxygen atoms in total. The van der Waals surface area contributed by atoms with Crippen molar-refractivity contribution in [2.24, 2.45) is 17.8 Å². The number of aromatic hydroxyl groups is 2. The molecule has 4 aliphatic rings. The molecule has 7 heteroatoms. The van der Waals surface area contributed by atoms with Crippen molar-refractivity contribution in [3.8, 4) is 11.5 Å². The van der Waals surface area contributed by atoms with Crippen molar-refractivity contribution < 1.29 is 29.4 Å². The summed E-state index contributed by atoms with van der Waals surface area (Å²) in [7, 11) is 0. The summed E-state index contributed by atoms with van der Waals surface area (Å²) in [6.07, 6.45) is 4.50. The number of phenolic OH excluding ortho intramolecular Hbond substituents is 2. The number of ketones is 2. The molecule has 2 N–H and O–H groups in total. The molecular formula is C33H31NO6. The number of allylic oxidation sites excluding steroid dienone is 6. The summed E-state index contributed by atoms with van der Waals surface area (Å²) in [4.78, 5) is 55.5. The average Bonchev–Trinajstić information content (AvgIpc) is 3.17. The Bertz CT molecular complexity index is 1570. The fourth-order valence-electron chi connectivity index (χ4n) is 7.09. The predicted molar refractivity (Wildman–Crippen MR) is 147 cm³/mol. The Morgan fingerprint density at radius 2 is 1.57 bits per heavy atom. The van der Waals surface area contributed by atoms with Crippen molar-refractivity contribution in [2.75, 3.05) is 6.54 Å². The minimum absolute atomic E-state index is 0.155. The van der Waals surface area contributed by atoms with Gasteiger partial charge in [0.1, 0.15) is 11.5 Å². The van der Waals surface area contributed by atoms with Crippen molar-refractivity contribution >= 4 is 23.4 Å². The summed E-state index contributed by atoms with van der Waals surface area (Å²) in [5.74, 6) is -2.48. The van der Waals surface area contributed by atoms with Crippen LogP contribution in [0.2, 0.25) is 0 Å². The minimum Gasteiger partial charge on any atom is -0.508 e. The number of amides is 2. The van der Waals surface area contributed by atoms with Gasteiger partial charge >= 0.3 is 0 Å². The molecule has 3 aliphatic carbocycles. The highest BCUT2D eigenvalue weighted by atomic mass is 16.3. The molecule has 1 saturated heterocycles. The van der Waals surface area contributed by atoms with E-state index in [2.05, 4.69) is 0 Å². The molecule has 0 spiro atoms. The fourth-order valence-corrected chi connectivity index (χ4v) is 7.09. The molecule has 2 amide bonds. The smallest absolute Gasteiger partial charge is 0.233 e. The third kappa shape index (κ3) is 3.95. The topological polar surface area (TPSA) is 112 Å². The number of imide groups is 1. The van der Waals surface area contributed by atoms with E-state index in [1.54, 1.807) is 45.0 Å². The minimum atomic E-state index is -0.599. The Kier molecular flexibility index (Phi) is 6.13. The Hall–Kier alpha value is -4.26. The summed E-state index contributed by atoms with van der Waals surface area (Å²) >= 11 is 0. The summed E-state index contributed by atoms with van der Waals surface area (Å²) in [6, 6.07) is 10.4. The molecule has 2 aromatic rings. The van der Waals surface area contributed by atoms with E-state index in [1.807, 2.05) is 18.2 Å². The van der Waals surface area contributed by atoms with E-state index >= 15 is 0 Å². The summed E-state index contributed by atoms with van der Waals surface area (Å²) in [5, 5.41) is 20.0. The first kappa shape index (κ1) is 26.0. The Labute approximate surface area is 232 Å². The maximum atomic E-state index is 13.9. The van der Waals surface area contributed by atoms with E-state index in [0.717, 1.165) is 16.7 Å². The number of likely N-dealkylation sites (tertiary alicyclic amines) is 1. The number of nitrogens with zero attached hydrogens (tertiary/aromatic N) is 1. The van der Waals surface area contributed by atoms with Gasteiger partial charge in [-0.05, 0) is 86.4 Å². The summed E-state index contributed by atoms with van der Waals surface area (Å²) in [6.45, 7) is 5.50. The first-order valence-electron chi connectivity index (χ1n) is 13.7. The van der Waals surface area contributed by atoms with E-state index < -0.39 is 17.8 Å². The first-order chi connectivity index (χ1) is 19.1. The van der Waals surface area contributed by atoms with E-state index in [-0.39, 0.29) is 53.8 Å². The number of carbonyl (C=O) groups excluding carboxylic acids is 4. The molecular weight excluding hydrogens is 506 g/mol. The molecule has 2 aromatic carbocycles. The molecule has 0 saturated carbocycles. The van der Waals surface area contributed by atoms with Crippen LogP contribution >= 0.6 is 0 Å². The highest BCUT2D eigenvalue weighted by molar-refractivity contribution is 6.23. The lowest BCUT2D eigenvalue weighted by Gasteiger charge is -2.42. The van der Waals surface area contributed by atoms with Crippen LogP contribution in [0.3, 0.4) is 0 Å². The van der Waals surface area contributed by atoms with Gasteiger partial charge in [-0.25, -0.2) is 0 Å². The average molecular weight is 538 g/mol. The lowest BCUT2D eigenvalue weighted by Crippen LogP contribution is -2.40. The van der Waals surface area contributed by atoms with Crippen molar-refractivity contribution in [3.63, 3.8) is 0 Å². The zero-order valence-electron chi connectivity index (χ0n) is 22.7. The van der Waals surface area contributed by atoms with E-state index in [0.29, 0.717) is 40.7 Å². The molecule has 1 heterocycles. The largest absolute Gasteiger partial charge is 0.508 e. The van der Waals surface area contributed by atoms with Crippen LogP contribution in [0.1, 0.15) is 47.9 Å². The SMILES string of the molecule is CC1=CC(=O)C2=C(C1=O)[C@@H](c1cc(C)c(O)c(C)c1)C1=CC[C@@H]3C(=O)N(CCc4ccc(O)cc4)C(=O)[C@@H]3[C@@H]1C2. The monoisotopic (exact) mass is 537 g/mol. The van der Waals surface area contributed by atoms with Gasteiger partial charge in [0.25, 0.3) is 0 Å². The second-order valence-corrected chi connectivity index (χ2v) is 11.5. The standard InChI is InChI=1S/C33H31NO6/c1-16-12-20(13-17(2)30(16)37)27-22-8-9-23-28(24(22)15-25-26(36)14-18(3)31(38)29(25)27)33(40)34(32(23)39)11-10-19-4-6-21(35)7-5-19/h4-8,12-14,23-24,27-28,35,37H,9-11,15H2,1-3H3/t23-,24+,27-,28-/m0/s1. The molecule has 4 atom stereocenters. The fraction of sp³-hybridized carbons (Fsp3) is 0.333. The van der Waals surface area contributed by atoms with Gasteiger partial charge < -0.3 is 10.2 Å². The molecule has 0 unspecified atom stereocenters. The number of Topliss-reactive ketones (excluding diaryl/α,β-unsaturated/α-hetero) is 1. The van der Waals surface area contributed by atoms with Crippen LogP contribution in [0.15, 0.2) is 70.8 Å². The van der Waals surface area contributed by atoms with Crippen LogP contribution in [-0.4, -0.2) is 45.0 Å². The van der Waals surface area contributed by atoms with Gasteiger partial charge in [-0.1, -0.05) is 35.9 Å². The van der Waals surface area contributed by atoms with E-state index in [1.165, 1.54) is 11.0 Å². The van der Waals surface area contributed by atoms with Gasteiger partial charge in [-0.15, -0.1) is 0 Å². The second-order valence-electron chi connectivity index (χ2n) is 11.5.